The highest BCUT2D eigenvalue weighted by molar-refractivity contribution is 5.97. The van der Waals surface area contributed by atoms with Crippen molar-refractivity contribution in [1.82, 2.24) is 15.3 Å². The Labute approximate surface area is 91.4 Å². The minimum Gasteiger partial charge on any atom is -0.467 e. The van der Waals surface area contributed by atoms with Crippen LogP contribution in [0.2, 0.25) is 0 Å². The Morgan fingerprint density at radius 1 is 1.56 bits per heavy atom. The second-order valence-corrected chi connectivity index (χ2v) is 3.18. The summed E-state index contributed by atoms with van der Waals surface area (Å²) in [5.74, 6) is -0.210. The van der Waals surface area contributed by atoms with Crippen LogP contribution in [0.15, 0.2) is 18.5 Å². The number of nitrogens with zero attached hydrogens (tertiary/aromatic N) is 3. The minimum atomic E-state index is -0.665. The third-order valence-electron chi connectivity index (χ3n) is 2.19. The number of nitrogens with one attached hydrogen (secondary N) is 1. The molecule has 2 amide bonds. The van der Waals surface area contributed by atoms with E-state index >= 15 is 0 Å². The van der Waals surface area contributed by atoms with Crippen molar-refractivity contribution in [2.45, 2.75) is 6.04 Å². The van der Waals surface area contributed by atoms with Crippen LogP contribution in [-0.2, 0) is 9.53 Å². The van der Waals surface area contributed by atoms with Gasteiger partial charge in [0.2, 0.25) is 5.95 Å². The lowest BCUT2D eigenvalue weighted by Gasteiger charge is -2.10. The van der Waals surface area contributed by atoms with Crippen LogP contribution in [0.5, 0.6) is 0 Å². The molecule has 0 aromatic carbocycles. The fraction of sp³-hybridized carbons (Fsp3) is 0.333. The van der Waals surface area contributed by atoms with Crippen LogP contribution in [-0.4, -0.2) is 41.7 Å². The van der Waals surface area contributed by atoms with Crippen LogP contribution in [0.4, 0.5) is 10.7 Å². The second kappa shape index (κ2) is 4.13. The quantitative estimate of drug-likeness (QED) is 0.685. The number of methoxy groups -OCH3 is 1. The molecule has 1 atom stereocenters. The van der Waals surface area contributed by atoms with Gasteiger partial charge in [0.25, 0.3) is 0 Å². The first-order valence-corrected chi connectivity index (χ1v) is 4.65. The summed E-state index contributed by atoms with van der Waals surface area (Å²) in [4.78, 5) is 31.9. The number of esters is 1. The van der Waals surface area contributed by atoms with Gasteiger partial charge in [0.15, 0.2) is 0 Å². The number of ether oxygens (including phenoxy) is 1. The smallest absolute Gasteiger partial charge is 0.330 e. The summed E-state index contributed by atoms with van der Waals surface area (Å²) in [6.45, 7) is 0.176. The average molecular weight is 222 g/mol. The summed E-state index contributed by atoms with van der Waals surface area (Å²) in [5.41, 5.74) is 0. The number of hydrogen-bond donors (Lipinski definition) is 1. The topological polar surface area (TPSA) is 84.4 Å². The molecule has 7 heteroatoms. The molecule has 0 bridgehead atoms. The van der Waals surface area contributed by atoms with Gasteiger partial charge in [-0.2, -0.15) is 0 Å². The molecule has 1 fully saturated rings. The number of aromatic nitrogens is 2. The lowest BCUT2D eigenvalue weighted by Crippen LogP contribution is -2.35. The summed E-state index contributed by atoms with van der Waals surface area (Å²) in [7, 11) is 1.27. The maximum absolute atomic E-state index is 11.5. The molecule has 0 aliphatic carbocycles. The van der Waals surface area contributed by atoms with E-state index in [1.807, 2.05) is 0 Å². The maximum atomic E-state index is 11.5. The van der Waals surface area contributed by atoms with Crippen molar-refractivity contribution in [2.75, 3.05) is 18.6 Å². The predicted octanol–water partition coefficient (Wildman–Crippen LogP) is -0.452. The number of carbonyl (C=O) groups excluding carboxylic acids is 2. The molecule has 1 unspecified atom stereocenters. The van der Waals surface area contributed by atoms with Gasteiger partial charge < -0.3 is 10.1 Å². The van der Waals surface area contributed by atoms with Gasteiger partial charge in [-0.1, -0.05) is 0 Å². The van der Waals surface area contributed by atoms with Gasteiger partial charge in [-0.3, -0.25) is 4.90 Å². The molecule has 1 aromatic rings. The van der Waals surface area contributed by atoms with E-state index in [4.69, 9.17) is 0 Å². The normalized spacial score (nSPS) is 19.4. The summed E-state index contributed by atoms with van der Waals surface area (Å²) >= 11 is 0. The monoisotopic (exact) mass is 222 g/mol. The van der Waals surface area contributed by atoms with Crippen LogP contribution in [0, 0.1) is 0 Å². The molecule has 2 rings (SSSR count). The molecule has 0 spiro atoms. The van der Waals surface area contributed by atoms with E-state index in [1.54, 1.807) is 6.07 Å². The van der Waals surface area contributed by atoms with Crippen molar-refractivity contribution in [3.63, 3.8) is 0 Å². The lowest BCUT2D eigenvalue weighted by atomic mass is 10.3. The van der Waals surface area contributed by atoms with Crippen molar-refractivity contribution >= 4 is 17.9 Å². The van der Waals surface area contributed by atoms with E-state index in [1.165, 1.54) is 24.4 Å². The average Bonchev–Trinajstić information content (AvgIpc) is 2.71. The molecular weight excluding hydrogens is 212 g/mol. The van der Waals surface area contributed by atoms with Gasteiger partial charge in [0.05, 0.1) is 13.7 Å². The van der Waals surface area contributed by atoms with E-state index in [9.17, 15) is 9.59 Å². The number of amides is 2. The van der Waals surface area contributed by atoms with Gasteiger partial charge in [-0.25, -0.2) is 19.6 Å². The second-order valence-electron chi connectivity index (χ2n) is 3.18. The van der Waals surface area contributed by atoms with Crippen LogP contribution < -0.4 is 10.2 Å². The van der Waals surface area contributed by atoms with Gasteiger partial charge >= 0.3 is 12.0 Å². The largest absolute Gasteiger partial charge is 0.467 e. The fourth-order valence-corrected chi connectivity index (χ4v) is 1.42. The summed E-state index contributed by atoms with van der Waals surface area (Å²) < 4.78 is 4.55. The molecule has 0 radical (unpaired) electrons. The number of anilines is 1. The number of hydrogen-bond acceptors (Lipinski definition) is 5. The molecule has 2 heterocycles. The number of rotatable bonds is 2. The van der Waals surface area contributed by atoms with E-state index in [0.717, 1.165) is 0 Å². The first kappa shape index (κ1) is 10.3. The summed E-state index contributed by atoms with van der Waals surface area (Å²) in [6, 6.07) is 0.581. The first-order chi connectivity index (χ1) is 7.72. The van der Waals surface area contributed by atoms with E-state index in [-0.39, 0.29) is 12.5 Å². The fourth-order valence-electron chi connectivity index (χ4n) is 1.42. The molecule has 1 aliphatic heterocycles. The van der Waals surface area contributed by atoms with Crippen molar-refractivity contribution < 1.29 is 14.3 Å². The van der Waals surface area contributed by atoms with Crippen LogP contribution in [0.25, 0.3) is 0 Å². The van der Waals surface area contributed by atoms with Gasteiger partial charge in [-0.05, 0) is 6.07 Å². The Bertz CT molecular complexity index is 408. The lowest BCUT2D eigenvalue weighted by molar-refractivity contribution is -0.142. The van der Waals surface area contributed by atoms with Gasteiger partial charge in [-0.15, -0.1) is 0 Å². The zero-order valence-corrected chi connectivity index (χ0v) is 8.58. The highest BCUT2D eigenvalue weighted by Gasteiger charge is 2.36. The molecule has 84 valence electrons. The Morgan fingerprint density at radius 2 is 2.25 bits per heavy atom. The van der Waals surface area contributed by atoms with Crippen molar-refractivity contribution in [2.24, 2.45) is 0 Å². The molecule has 1 aromatic heterocycles. The zero-order chi connectivity index (χ0) is 11.5. The molecule has 0 saturated carbocycles. The SMILES string of the molecule is COC(=O)C1CN(c2ncccn2)C(=O)N1. The Hall–Kier alpha value is -2.18. The van der Waals surface area contributed by atoms with Gasteiger partial charge in [0.1, 0.15) is 6.04 Å². The molecule has 1 N–H and O–H groups in total. The van der Waals surface area contributed by atoms with Crippen molar-refractivity contribution in [3.8, 4) is 0 Å². The first-order valence-electron chi connectivity index (χ1n) is 4.65. The minimum absolute atomic E-state index is 0.176. The Balaban J connectivity index is 2.14. The maximum Gasteiger partial charge on any atom is 0.330 e. The van der Waals surface area contributed by atoms with Crippen LogP contribution >= 0.6 is 0 Å². The highest BCUT2D eigenvalue weighted by atomic mass is 16.5. The van der Waals surface area contributed by atoms with Crippen molar-refractivity contribution in [3.05, 3.63) is 18.5 Å². The van der Waals surface area contributed by atoms with Crippen LogP contribution in [0.3, 0.4) is 0 Å². The predicted molar refractivity (Wildman–Crippen MR) is 53.7 cm³/mol. The van der Waals surface area contributed by atoms with Gasteiger partial charge in [0, 0.05) is 12.4 Å². The van der Waals surface area contributed by atoms with Crippen LogP contribution in [0.1, 0.15) is 0 Å². The zero-order valence-electron chi connectivity index (χ0n) is 8.58. The molecule has 1 saturated heterocycles. The Kier molecular flexibility index (Phi) is 2.67. The number of carbonyl (C=O) groups is 2. The summed E-state index contributed by atoms with van der Waals surface area (Å²) in [6.07, 6.45) is 3.06. The summed E-state index contributed by atoms with van der Waals surface area (Å²) in [5, 5.41) is 2.49. The van der Waals surface area contributed by atoms with E-state index in [2.05, 4.69) is 20.0 Å². The van der Waals surface area contributed by atoms with Crippen molar-refractivity contribution in [1.29, 1.82) is 0 Å². The van der Waals surface area contributed by atoms with E-state index < -0.39 is 18.0 Å². The third-order valence-corrected chi connectivity index (χ3v) is 2.19. The number of urea groups is 1. The standard InChI is InChI=1S/C9H10N4O3/c1-16-7(14)6-5-13(9(15)12-6)8-10-3-2-4-11-8/h2-4,6H,5H2,1H3,(H,12,15). The van der Waals surface area contributed by atoms with E-state index in [0.29, 0.717) is 0 Å². The molecule has 7 nitrogen and oxygen atoms in total. The molecule has 16 heavy (non-hydrogen) atoms. The molecular formula is C9H10N4O3. The molecule has 1 aliphatic rings. The Morgan fingerprint density at radius 3 is 2.88 bits per heavy atom. The third kappa shape index (κ3) is 1.79. The highest BCUT2D eigenvalue weighted by Crippen LogP contribution is 2.12.